The number of aromatic nitrogens is 2. The van der Waals surface area contributed by atoms with Crippen LogP contribution >= 0.6 is 0 Å². The van der Waals surface area contributed by atoms with Crippen LogP contribution in [-0.4, -0.2) is 15.8 Å². The molecule has 0 amide bonds. The van der Waals surface area contributed by atoms with Crippen LogP contribution in [0.15, 0.2) is 36.7 Å². The Morgan fingerprint density at radius 3 is 2.45 bits per heavy atom. The van der Waals surface area contributed by atoms with Crippen molar-refractivity contribution in [1.82, 2.24) is 15.1 Å². The molecule has 0 spiro atoms. The van der Waals surface area contributed by atoms with E-state index in [9.17, 15) is 13.2 Å². The zero-order valence-electron chi connectivity index (χ0n) is 10.7. The molecule has 20 heavy (non-hydrogen) atoms. The molecule has 1 saturated carbocycles. The zero-order valence-corrected chi connectivity index (χ0v) is 10.7. The van der Waals surface area contributed by atoms with Gasteiger partial charge in [0.1, 0.15) is 0 Å². The molecular weight excluding hydrogens is 267 g/mol. The van der Waals surface area contributed by atoms with Gasteiger partial charge in [0.05, 0.1) is 17.4 Å². The predicted molar refractivity (Wildman–Crippen MR) is 68.4 cm³/mol. The Morgan fingerprint density at radius 1 is 1.20 bits per heavy atom. The van der Waals surface area contributed by atoms with Gasteiger partial charge in [-0.05, 0) is 30.5 Å². The fourth-order valence-corrected chi connectivity index (χ4v) is 1.93. The standard InChI is InChI=1S/C14H14F3N3/c15-14(16,17)11-8-19-20(9-11)13-5-1-10(2-6-13)7-18-12-3-4-12/h1-2,5-6,8-9,12,18H,3-4,7H2. The van der Waals surface area contributed by atoms with Gasteiger partial charge in [0.25, 0.3) is 0 Å². The van der Waals surface area contributed by atoms with Crippen LogP contribution in [-0.2, 0) is 12.7 Å². The number of nitrogens with zero attached hydrogens (tertiary/aromatic N) is 2. The van der Waals surface area contributed by atoms with Gasteiger partial charge in [-0.15, -0.1) is 0 Å². The van der Waals surface area contributed by atoms with E-state index in [0.29, 0.717) is 11.7 Å². The zero-order chi connectivity index (χ0) is 14.2. The van der Waals surface area contributed by atoms with E-state index in [0.717, 1.165) is 24.5 Å². The number of rotatable bonds is 4. The summed E-state index contributed by atoms with van der Waals surface area (Å²) in [6.45, 7) is 0.790. The van der Waals surface area contributed by atoms with Gasteiger partial charge in [0.15, 0.2) is 0 Å². The van der Waals surface area contributed by atoms with E-state index >= 15 is 0 Å². The van der Waals surface area contributed by atoms with Crippen LogP contribution in [0.1, 0.15) is 24.0 Å². The van der Waals surface area contributed by atoms with Crippen molar-refractivity contribution < 1.29 is 13.2 Å². The summed E-state index contributed by atoms with van der Waals surface area (Å²) < 4.78 is 38.7. The smallest absolute Gasteiger partial charge is 0.310 e. The van der Waals surface area contributed by atoms with Crippen molar-refractivity contribution in [3.8, 4) is 5.69 Å². The average molecular weight is 281 g/mol. The lowest BCUT2D eigenvalue weighted by Gasteiger charge is -2.05. The third-order valence-corrected chi connectivity index (χ3v) is 3.28. The molecule has 0 radical (unpaired) electrons. The van der Waals surface area contributed by atoms with E-state index in [1.807, 2.05) is 12.1 Å². The van der Waals surface area contributed by atoms with Gasteiger partial charge >= 0.3 is 6.18 Å². The van der Waals surface area contributed by atoms with Crippen LogP contribution in [0.25, 0.3) is 5.69 Å². The van der Waals surface area contributed by atoms with Crippen molar-refractivity contribution in [2.24, 2.45) is 0 Å². The number of benzene rings is 1. The summed E-state index contributed by atoms with van der Waals surface area (Å²) in [4.78, 5) is 0. The van der Waals surface area contributed by atoms with Crippen LogP contribution in [0.3, 0.4) is 0 Å². The predicted octanol–water partition coefficient (Wildman–Crippen LogP) is 3.14. The molecule has 0 unspecified atom stereocenters. The first kappa shape index (κ1) is 13.2. The topological polar surface area (TPSA) is 29.9 Å². The van der Waals surface area contributed by atoms with Gasteiger partial charge in [0.2, 0.25) is 0 Å². The molecule has 0 saturated heterocycles. The minimum Gasteiger partial charge on any atom is -0.310 e. The summed E-state index contributed by atoms with van der Waals surface area (Å²) >= 11 is 0. The van der Waals surface area contributed by atoms with Crippen LogP contribution in [0.2, 0.25) is 0 Å². The van der Waals surface area contributed by atoms with Gasteiger partial charge in [-0.3, -0.25) is 0 Å². The van der Waals surface area contributed by atoms with E-state index in [1.54, 1.807) is 12.1 Å². The summed E-state index contributed by atoms with van der Waals surface area (Å²) in [5, 5.41) is 7.13. The van der Waals surface area contributed by atoms with Gasteiger partial charge in [-0.2, -0.15) is 18.3 Å². The van der Waals surface area contributed by atoms with E-state index in [4.69, 9.17) is 0 Å². The minimum absolute atomic E-state index is 0.621. The lowest BCUT2D eigenvalue weighted by atomic mass is 10.2. The first-order valence-corrected chi connectivity index (χ1v) is 6.47. The third-order valence-electron chi connectivity index (χ3n) is 3.28. The SMILES string of the molecule is FC(F)(F)c1cnn(-c2ccc(CNC3CC3)cc2)c1. The summed E-state index contributed by atoms with van der Waals surface area (Å²) in [6.07, 6.45) is -0.0659. The van der Waals surface area contributed by atoms with Crippen molar-refractivity contribution in [2.75, 3.05) is 0 Å². The Balaban J connectivity index is 1.71. The second-order valence-corrected chi connectivity index (χ2v) is 4.99. The maximum Gasteiger partial charge on any atom is 0.419 e. The van der Waals surface area contributed by atoms with Gasteiger partial charge < -0.3 is 5.32 Å². The number of hydrogen-bond donors (Lipinski definition) is 1. The Morgan fingerprint density at radius 2 is 1.90 bits per heavy atom. The molecule has 0 atom stereocenters. The van der Waals surface area contributed by atoms with Crippen molar-refractivity contribution in [3.63, 3.8) is 0 Å². The van der Waals surface area contributed by atoms with Crippen LogP contribution in [0, 0.1) is 0 Å². The molecule has 3 nitrogen and oxygen atoms in total. The first-order chi connectivity index (χ1) is 9.52. The molecule has 6 heteroatoms. The highest BCUT2D eigenvalue weighted by Gasteiger charge is 2.32. The van der Waals surface area contributed by atoms with E-state index < -0.39 is 11.7 Å². The van der Waals surface area contributed by atoms with Crippen molar-refractivity contribution in [3.05, 3.63) is 47.8 Å². The van der Waals surface area contributed by atoms with Crippen LogP contribution < -0.4 is 5.32 Å². The fraction of sp³-hybridized carbons (Fsp3) is 0.357. The molecule has 1 fully saturated rings. The molecule has 1 aliphatic rings. The Labute approximate surface area is 114 Å². The quantitative estimate of drug-likeness (QED) is 0.933. The molecule has 1 aromatic heterocycles. The molecule has 106 valence electrons. The second-order valence-electron chi connectivity index (χ2n) is 4.99. The Kier molecular flexibility index (Phi) is 3.25. The van der Waals surface area contributed by atoms with Gasteiger partial charge in [-0.25, -0.2) is 4.68 Å². The third kappa shape index (κ3) is 3.01. The maximum atomic E-state index is 12.5. The molecule has 1 aliphatic carbocycles. The number of hydrogen-bond acceptors (Lipinski definition) is 2. The average Bonchev–Trinajstić information content (AvgIpc) is 3.09. The van der Waals surface area contributed by atoms with Crippen molar-refractivity contribution in [1.29, 1.82) is 0 Å². The molecule has 0 aliphatic heterocycles. The van der Waals surface area contributed by atoms with E-state index in [2.05, 4.69) is 10.4 Å². The van der Waals surface area contributed by atoms with E-state index in [1.165, 1.54) is 17.5 Å². The number of alkyl halides is 3. The highest BCUT2D eigenvalue weighted by molar-refractivity contribution is 5.34. The molecule has 2 aromatic rings. The number of nitrogens with one attached hydrogen (secondary N) is 1. The first-order valence-electron chi connectivity index (χ1n) is 6.47. The lowest BCUT2D eigenvalue weighted by molar-refractivity contribution is -0.137. The van der Waals surface area contributed by atoms with Crippen molar-refractivity contribution in [2.45, 2.75) is 31.6 Å². The molecule has 0 bridgehead atoms. The molecule has 1 heterocycles. The summed E-state index contributed by atoms with van der Waals surface area (Å²) in [7, 11) is 0. The Bertz CT molecular complexity index is 582. The van der Waals surface area contributed by atoms with Crippen LogP contribution in [0.5, 0.6) is 0 Å². The largest absolute Gasteiger partial charge is 0.419 e. The molecule has 1 aromatic carbocycles. The monoisotopic (exact) mass is 281 g/mol. The van der Waals surface area contributed by atoms with E-state index in [-0.39, 0.29) is 0 Å². The minimum atomic E-state index is -4.35. The highest BCUT2D eigenvalue weighted by Crippen LogP contribution is 2.29. The summed E-state index contributed by atoms with van der Waals surface area (Å²) in [5.41, 5.74) is 0.997. The Hall–Kier alpha value is -1.82. The molecule has 3 rings (SSSR count). The maximum absolute atomic E-state index is 12.5. The molecular formula is C14H14F3N3. The lowest BCUT2D eigenvalue weighted by Crippen LogP contribution is -2.15. The number of halogens is 3. The normalized spacial score (nSPS) is 15.6. The van der Waals surface area contributed by atoms with Crippen molar-refractivity contribution >= 4 is 0 Å². The fourth-order valence-electron chi connectivity index (χ4n) is 1.93. The van der Waals surface area contributed by atoms with Gasteiger partial charge in [0, 0.05) is 18.8 Å². The molecule has 1 N–H and O–H groups in total. The summed E-state index contributed by atoms with van der Waals surface area (Å²) in [5.74, 6) is 0. The second kappa shape index (κ2) is 4.94. The summed E-state index contributed by atoms with van der Waals surface area (Å²) in [6, 6.07) is 7.99. The van der Waals surface area contributed by atoms with Crippen LogP contribution in [0.4, 0.5) is 13.2 Å². The highest BCUT2D eigenvalue weighted by atomic mass is 19.4. The van der Waals surface area contributed by atoms with Gasteiger partial charge in [-0.1, -0.05) is 12.1 Å².